The second-order valence-corrected chi connectivity index (χ2v) is 5.97. The molecular formula is C10H14F3N3O4S. The van der Waals surface area contributed by atoms with Gasteiger partial charge in [0.1, 0.15) is 4.90 Å². The van der Waals surface area contributed by atoms with Gasteiger partial charge in [-0.1, -0.05) is 0 Å². The molecule has 0 saturated heterocycles. The van der Waals surface area contributed by atoms with Gasteiger partial charge in [0, 0.05) is 19.2 Å². The third kappa shape index (κ3) is 6.58. The number of nitrogens with one attached hydrogen (secondary N) is 1. The molecule has 2 N–H and O–H groups in total. The fraction of sp³-hybridized carbons (Fsp3) is 0.600. The Balaban J connectivity index is 2.52. The molecule has 0 radical (unpaired) electrons. The van der Waals surface area contributed by atoms with Gasteiger partial charge in [-0.05, 0) is 6.42 Å². The van der Waals surface area contributed by atoms with E-state index in [1.165, 1.54) is 0 Å². The van der Waals surface area contributed by atoms with Gasteiger partial charge < -0.3 is 5.11 Å². The molecular weight excluding hydrogens is 315 g/mol. The van der Waals surface area contributed by atoms with E-state index in [4.69, 9.17) is 5.11 Å². The Bertz CT molecular complexity index is 583. The summed E-state index contributed by atoms with van der Waals surface area (Å²) in [5.74, 6) is -1.06. The van der Waals surface area contributed by atoms with Crippen LogP contribution in [-0.2, 0) is 21.4 Å². The molecule has 1 aromatic heterocycles. The predicted molar refractivity (Wildman–Crippen MR) is 65.0 cm³/mol. The van der Waals surface area contributed by atoms with Crippen molar-refractivity contribution in [1.29, 1.82) is 0 Å². The number of hydrogen-bond donors (Lipinski definition) is 2. The Morgan fingerprint density at radius 1 is 1.43 bits per heavy atom. The average Bonchev–Trinajstić information content (AvgIpc) is 2.80. The summed E-state index contributed by atoms with van der Waals surface area (Å²) in [5.41, 5.74) is 0. The highest BCUT2D eigenvalue weighted by Crippen LogP contribution is 2.20. The van der Waals surface area contributed by atoms with E-state index in [1.54, 1.807) is 0 Å². The van der Waals surface area contributed by atoms with Crippen LogP contribution in [0.25, 0.3) is 0 Å². The van der Waals surface area contributed by atoms with Gasteiger partial charge in [0.05, 0.1) is 19.2 Å². The van der Waals surface area contributed by atoms with Gasteiger partial charge >= 0.3 is 12.1 Å². The maximum atomic E-state index is 11.9. The number of rotatable bonds is 8. The number of alkyl halides is 3. The van der Waals surface area contributed by atoms with Crippen molar-refractivity contribution in [2.45, 2.75) is 36.9 Å². The third-order valence-electron chi connectivity index (χ3n) is 2.40. The van der Waals surface area contributed by atoms with Gasteiger partial charge in [0.25, 0.3) is 0 Å². The SMILES string of the molecule is O=C(O)CCn1cc(S(=O)(=O)NCCCC(F)(F)F)cn1. The van der Waals surface area contributed by atoms with Gasteiger partial charge in [-0.2, -0.15) is 18.3 Å². The van der Waals surface area contributed by atoms with E-state index in [-0.39, 0.29) is 30.8 Å². The predicted octanol–water partition coefficient (Wildman–Crippen LogP) is 0.979. The van der Waals surface area contributed by atoms with E-state index in [9.17, 15) is 26.4 Å². The number of halogens is 3. The normalized spacial score (nSPS) is 12.5. The summed E-state index contributed by atoms with van der Waals surface area (Å²) in [7, 11) is -3.94. The molecule has 0 spiro atoms. The molecule has 0 bridgehead atoms. The number of carboxylic acids is 1. The van der Waals surface area contributed by atoms with Crippen molar-refractivity contribution in [3.63, 3.8) is 0 Å². The Morgan fingerprint density at radius 3 is 2.67 bits per heavy atom. The van der Waals surface area contributed by atoms with Crippen molar-refractivity contribution >= 4 is 16.0 Å². The molecule has 0 amide bonds. The number of carbonyl (C=O) groups is 1. The summed E-state index contributed by atoms with van der Waals surface area (Å²) < 4.78 is 62.4. The van der Waals surface area contributed by atoms with Crippen LogP contribution in [-0.4, -0.2) is 42.0 Å². The van der Waals surface area contributed by atoms with Gasteiger partial charge in [-0.3, -0.25) is 9.48 Å². The topological polar surface area (TPSA) is 101 Å². The molecule has 0 aliphatic rings. The van der Waals surface area contributed by atoms with Crippen LogP contribution in [0.1, 0.15) is 19.3 Å². The summed E-state index contributed by atoms with van der Waals surface area (Å²) in [5, 5.41) is 12.2. The van der Waals surface area contributed by atoms with Crippen molar-refractivity contribution in [1.82, 2.24) is 14.5 Å². The lowest BCUT2D eigenvalue weighted by molar-refractivity contribution is -0.137. The van der Waals surface area contributed by atoms with Crippen LogP contribution in [0.15, 0.2) is 17.3 Å². The van der Waals surface area contributed by atoms with E-state index in [0.717, 1.165) is 17.1 Å². The first-order chi connectivity index (χ1) is 9.60. The van der Waals surface area contributed by atoms with Crippen molar-refractivity contribution in [3.05, 3.63) is 12.4 Å². The van der Waals surface area contributed by atoms with Crippen molar-refractivity contribution < 1.29 is 31.5 Å². The molecule has 0 unspecified atom stereocenters. The fourth-order valence-electron chi connectivity index (χ4n) is 1.39. The summed E-state index contributed by atoms with van der Waals surface area (Å²) in [6, 6.07) is 0. The molecule has 0 atom stereocenters. The summed E-state index contributed by atoms with van der Waals surface area (Å²) in [6.07, 6.45) is -3.86. The van der Waals surface area contributed by atoms with Crippen LogP contribution < -0.4 is 4.72 Å². The number of sulfonamides is 1. The van der Waals surface area contributed by atoms with Crippen molar-refractivity contribution in [2.75, 3.05) is 6.54 Å². The Kier molecular flexibility index (Phi) is 5.72. The molecule has 21 heavy (non-hydrogen) atoms. The molecule has 11 heteroatoms. The molecule has 0 aliphatic heterocycles. The van der Waals surface area contributed by atoms with E-state index < -0.39 is 28.6 Å². The van der Waals surface area contributed by atoms with E-state index in [1.807, 2.05) is 4.72 Å². The average molecular weight is 329 g/mol. The summed E-state index contributed by atoms with van der Waals surface area (Å²) in [4.78, 5) is 10.1. The van der Waals surface area contributed by atoms with Gasteiger partial charge in [0.2, 0.25) is 10.0 Å². The zero-order valence-electron chi connectivity index (χ0n) is 10.8. The van der Waals surface area contributed by atoms with Gasteiger partial charge in [-0.15, -0.1) is 0 Å². The Labute approximate surface area is 118 Å². The maximum Gasteiger partial charge on any atom is 0.389 e. The van der Waals surface area contributed by atoms with Gasteiger partial charge in [-0.25, -0.2) is 13.1 Å². The Hall–Kier alpha value is -1.62. The van der Waals surface area contributed by atoms with Crippen molar-refractivity contribution in [3.8, 4) is 0 Å². The molecule has 1 rings (SSSR count). The maximum absolute atomic E-state index is 11.9. The highest BCUT2D eigenvalue weighted by atomic mass is 32.2. The standard InChI is InChI=1S/C10H14F3N3O4S/c11-10(12,13)3-1-4-15-21(19,20)8-6-14-16(7-8)5-2-9(17)18/h6-7,15H,1-5H2,(H,17,18). The van der Waals surface area contributed by atoms with E-state index >= 15 is 0 Å². The van der Waals surface area contributed by atoms with Crippen LogP contribution >= 0.6 is 0 Å². The van der Waals surface area contributed by atoms with E-state index in [0.29, 0.717) is 0 Å². The number of aryl methyl sites for hydroxylation is 1. The van der Waals surface area contributed by atoms with Crippen LogP contribution in [0.2, 0.25) is 0 Å². The number of hydrogen-bond acceptors (Lipinski definition) is 4. The first-order valence-electron chi connectivity index (χ1n) is 5.91. The largest absolute Gasteiger partial charge is 0.481 e. The lowest BCUT2D eigenvalue weighted by Gasteiger charge is -2.07. The first kappa shape index (κ1) is 17.4. The van der Waals surface area contributed by atoms with Crippen LogP contribution in [0.3, 0.4) is 0 Å². The smallest absolute Gasteiger partial charge is 0.389 e. The number of aliphatic carboxylic acids is 1. The summed E-state index contributed by atoms with van der Waals surface area (Å²) >= 11 is 0. The number of carboxylic acid groups (broad SMARTS) is 1. The molecule has 1 aromatic rings. The molecule has 0 aromatic carbocycles. The second-order valence-electron chi connectivity index (χ2n) is 4.20. The third-order valence-corrected chi connectivity index (χ3v) is 3.82. The van der Waals surface area contributed by atoms with Crippen molar-refractivity contribution in [2.24, 2.45) is 0 Å². The van der Waals surface area contributed by atoms with Crippen LogP contribution in [0.5, 0.6) is 0 Å². The molecule has 0 saturated carbocycles. The Morgan fingerprint density at radius 2 is 2.10 bits per heavy atom. The van der Waals surface area contributed by atoms with Gasteiger partial charge in [0.15, 0.2) is 0 Å². The minimum absolute atomic E-state index is 0.00106. The molecule has 120 valence electrons. The lowest BCUT2D eigenvalue weighted by atomic mass is 10.3. The fourth-order valence-corrected chi connectivity index (χ4v) is 2.42. The zero-order chi connectivity index (χ0) is 16.1. The van der Waals surface area contributed by atoms with Crippen LogP contribution in [0.4, 0.5) is 13.2 Å². The highest BCUT2D eigenvalue weighted by Gasteiger charge is 2.26. The second kappa shape index (κ2) is 6.89. The minimum atomic E-state index is -4.33. The lowest BCUT2D eigenvalue weighted by Crippen LogP contribution is -2.25. The monoisotopic (exact) mass is 329 g/mol. The van der Waals surface area contributed by atoms with Crippen LogP contribution in [0, 0.1) is 0 Å². The zero-order valence-corrected chi connectivity index (χ0v) is 11.6. The quantitative estimate of drug-likeness (QED) is 0.692. The molecule has 0 fully saturated rings. The number of aromatic nitrogens is 2. The highest BCUT2D eigenvalue weighted by molar-refractivity contribution is 7.89. The summed E-state index contributed by atoms with van der Waals surface area (Å²) in [6.45, 7) is -0.346. The minimum Gasteiger partial charge on any atom is -0.481 e. The molecule has 1 heterocycles. The molecule has 0 aliphatic carbocycles. The first-order valence-corrected chi connectivity index (χ1v) is 7.39. The molecule has 7 nitrogen and oxygen atoms in total. The van der Waals surface area contributed by atoms with E-state index in [2.05, 4.69) is 5.10 Å². The number of nitrogens with zero attached hydrogens (tertiary/aromatic N) is 2.